The molecule has 10 nitrogen and oxygen atoms in total. The fourth-order valence-corrected chi connectivity index (χ4v) is 5.54. The predicted molar refractivity (Wildman–Crippen MR) is 126 cm³/mol. The number of ether oxygens (including phenoxy) is 1. The Morgan fingerprint density at radius 3 is 2.92 bits per heavy atom. The second-order valence-corrected chi connectivity index (χ2v) is 9.58. The van der Waals surface area contributed by atoms with E-state index in [1.807, 2.05) is 17.0 Å². The summed E-state index contributed by atoms with van der Waals surface area (Å²) >= 11 is 0. The van der Waals surface area contributed by atoms with Crippen LogP contribution in [0.2, 0.25) is 0 Å². The van der Waals surface area contributed by atoms with Gasteiger partial charge in [-0.2, -0.15) is 4.68 Å². The number of halogens is 1. The van der Waals surface area contributed by atoms with Gasteiger partial charge in [0.1, 0.15) is 12.1 Å². The number of piperazine rings is 1. The zero-order valence-corrected chi connectivity index (χ0v) is 19.8. The lowest BCUT2D eigenvalue weighted by atomic mass is 9.98. The minimum Gasteiger partial charge on any atom is -0.370 e. The minimum atomic E-state index is -0.424. The Kier molecular flexibility index (Phi) is 5.70. The largest absolute Gasteiger partial charge is 0.370 e. The summed E-state index contributed by atoms with van der Waals surface area (Å²) in [4.78, 5) is 25.9. The first kappa shape index (κ1) is 22.7. The first-order chi connectivity index (χ1) is 17.5. The molecule has 2 fully saturated rings. The van der Waals surface area contributed by atoms with Crippen LogP contribution in [0.1, 0.15) is 40.8 Å². The summed E-state index contributed by atoms with van der Waals surface area (Å²) in [6.07, 6.45) is 2.55. The van der Waals surface area contributed by atoms with Crippen LogP contribution in [0.3, 0.4) is 0 Å². The van der Waals surface area contributed by atoms with Crippen LogP contribution in [0.5, 0.6) is 0 Å². The molecule has 11 heteroatoms. The molecule has 0 N–H and O–H groups in total. The van der Waals surface area contributed by atoms with E-state index in [0.717, 1.165) is 24.1 Å². The number of rotatable bonds is 3. The number of aryl methyl sites for hydroxylation is 2. The van der Waals surface area contributed by atoms with E-state index in [0.29, 0.717) is 55.4 Å². The molecule has 36 heavy (non-hydrogen) atoms. The van der Waals surface area contributed by atoms with Gasteiger partial charge < -0.3 is 9.64 Å². The van der Waals surface area contributed by atoms with Gasteiger partial charge in [0, 0.05) is 37.4 Å². The third-order valence-electron chi connectivity index (χ3n) is 7.51. The number of nitrogens with zero attached hydrogens (tertiary/aromatic N) is 8. The van der Waals surface area contributed by atoms with E-state index in [4.69, 9.17) is 11.3 Å². The van der Waals surface area contributed by atoms with Crippen LogP contribution in [0.25, 0.3) is 10.7 Å². The SMILES string of the molecule is [C-]#[N+]c1cc([C@H]2CN3CCN(C(=O)C4CCc5nc(-n6cnnn6)ccc54)C[C@@H]3CO2)c(F)cc1C. The Hall–Kier alpha value is -3.75. The third-order valence-corrected chi connectivity index (χ3v) is 7.51. The number of tetrazole rings is 1. The van der Waals surface area contributed by atoms with Gasteiger partial charge in [0.25, 0.3) is 0 Å². The summed E-state index contributed by atoms with van der Waals surface area (Å²) in [5, 5.41) is 11.2. The highest BCUT2D eigenvalue weighted by Gasteiger charge is 2.39. The Morgan fingerprint density at radius 2 is 2.11 bits per heavy atom. The van der Waals surface area contributed by atoms with Crippen LogP contribution in [-0.2, 0) is 16.0 Å². The zero-order chi connectivity index (χ0) is 24.8. The molecule has 2 saturated heterocycles. The number of carbonyl (C=O) groups is 1. The second kappa shape index (κ2) is 9.04. The van der Waals surface area contributed by atoms with E-state index in [1.165, 1.54) is 17.1 Å². The summed E-state index contributed by atoms with van der Waals surface area (Å²) in [7, 11) is 0. The normalized spacial score (nSPS) is 23.7. The van der Waals surface area contributed by atoms with Crippen molar-refractivity contribution in [1.29, 1.82) is 0 Å². The molecule has 184 valence electrons. The molecular formula is C25H25FN8O2. The van der Waals surface area contributed by atoms with Gasteiger partial charge in [-0.05, 0) is 59.5 Å². The Balaban J connectivity index is 1.12. The van der Waals surface area contributed by atoms with Crippen molar-refractivity contribution < 1.29 is 13.9 Å². The monoisotopic (exact) mass is 488 g/mol. The molecule has 4 heterocycles. The molecule has 0 saturated carbocycles. The number of hydrogen-bond acceptors (Lipinski definition) is 7. The van der Waals surface area contributed by atoms with E-state index < -0.39 is 6.10 Å². The Bertz CT molecular complexity index is 1350. The van der Waals surface area contributed by atoms with Crippen molar-refractivity contribution in [2.24, 2.45) is 0 Å². The quantitative estimate of drug-likeness (QED) is 0.523. The van der Waals surface area contributed by atoms with Crippen molar-refractivity contribution in [1.82, 2.24) is 35.0 Å². The van der Waals surface area contributed by atoms with Crippen molar-refractivity contribution in [3.05, 3.63) is 70.2 Å². The summed E-state index contributed by atoms with van der Waals surface area (Å²) < 4.78 is 22.2. The lowest BCUT2D eigenvalue weighted by molar-refractivity contribution is -0.141. The smallest absolute Gasteiger partial charge is 0.230 e. The summed E-state index contributed by atoms with van der Waals surface area (Å²) in [6.45, 7) is 11.9. The molecule has 1 unspecified atom stereocenters. The van der Waals surface area contributed by atoms with Crippen LogP contribution >= 0.6 is 0 Å². The molecule has 6 rings (SSSR count). The van der Waals surface area contributed by atoms with Crippen LogP contribution in [0.4, 0.5) is 10.1 Å². The number of carbonyl (C=O) groups excluding carboxylic acids is 1. The molecule has 2 aromatic heterocycles. The highest BCUT2D eigenvalue weighted by molar-refractivity contribution is 5.85. The van der Waals surface area contributed by atoms with E-state index >= 15 is 0 Å². The number of morpholine rings is 1. The van der Waals surface area contributed by atoms with Gasteiger partial charge >= 0.3 is 0 Å². The fourth-order valence-electron chi connectivity index (χ4n) is 5.54. The van der Waals surface area contributed by atoms with Crippen LogP contribution in [0.15, 0.2) is 30.6 Å². The summed E-state index contributed by atoms with van der Waals surface area (Å²) in [5.74, 6) is 0.225. The fraction of sp³-hybridized carbons (Fsp3) is 0.440. The predicted octanol–water partition coefficient (Wildman–Crippen LogP) is 2.37. The molecule has 0 radical (unpaired) electrons. The summed E-state index contributed by atoms with van der Waals surface area (Å²) in [5.41, 5.74) is 3.40. The lowest BCUT2D eigenvalue weighted by Crippen LogP contribution is -2.60. The van der Waals surface area contributed by atoms with Gasteiger partial charge in [0.2, 0.25) is 5.91 Å². The molecule has 3 aromatic rings. The van der Waals surface area contributed by atoms with Crippen molar-refractivity contribution in [2.75, 3.05) is 32.8 Å². The van der Waals surface area contributed by atoms with E-state index in [9.17, 15) is 9.18 Å². The number of aromatic nitrogens is 5. The van der Waals surface area contributed by atoms with Gasteiger partial charge in [0.15, 0.2) is 11.5 Å². The van der Waals surface area contributed by atoms with Crippen molar-refractivity contribution in [3.63, 3.8) is 0 Å². The Labute approximate surface area is 207 Å². The van der Waals surface area contributed by atoms with Crippen LogP contribution < -0.4 is 0 Å². The number of amides is 1. The molecule has 1 aliphatic carbocycles. The Morgan fingerprint density at radius 1 is 1.22 bits per heavy atom. The van der Waals surface area contributed by atoms with E-state index in [-0.39, 0.29) is 23.7 Å². The van der Waals surface area contributed by atoms with E-state index in [2.05, 4.69) is 30.3 Å². The highest BCUT2D eigenvalue weighted by atomic mass is 19.1. The van der Waals surface area contributed by atoms with Gasteiger partial charge in [-0.3, -0.25) is 9.69 Å². The van der Waals surface area contributed by atoms with Crippen molar-refractivity contribution in [3.8, 4) is 5.82 Å². The van der Waals surface area contributed by atoms with Gasteiger partial charge in [-0.15, -0.1) is 5.10 Å². The molecule has 2 aliphatic heterocycles. The second-order valence-electron chi connectivity index (χ2n) is 9.58. The third kappa shape index (κ3) is 3.92. The first-order valence-corrected chi connectivity index (χ1v) is 12.1. The number of pyridine rings is 1. The molecule has 0 bridgehead atoms. The van der Waals surface area contributed by atoms with E-state index in [1.54, 1.807) is 13.0 Å². The number of fused-ring (bicyclic) bond motifs is 2. The average Bonchev–Trinajstić information content (AvgIpc) is 3.58. The lowest BCUT2D eigenvalue weighted by Gasteiger charge is -2.46. The average molecular weight is 489 g/mol. The maximum atomic E-state index is 14.7. The molecular weight excluding hydrogens is 463 g/mol. The van der Waals surface area contributed by atoms with Crippen LogP contribution in [-0.4, -0.2) is 79.7 Å². The zero-order valence-electron chi connectivity index (χ0n) is 19.8. The number of benzene rings is 1. The maximum Gasteiger partial charge on any atom is 0.230 e. The summed E-state index contributed by atoms with van der Waals surface area (Å²) in [6, 6.07) is 6.90. The minimum absolute atomic E-state index is 0.0639. The maximum absolute atomic E-state index is 14.7. The van der Waals surface area contributed by atoms with Crippen molar-refractivity contribution in [2.45, 2.75) is 37.8 Å². The topological polar surface area (TPSA) is 93.6 Å². The number of hydrogen-bond donors (Lipinski definition) is 0. The molecule has 3 aliphatic rings. The first-order valence-electron chi connectivity index (χ1n) is 12.1. The molecule has 1 amide bonds. The molecule has 0 spiro atoms. The van der Waals surface area contributed by atoms with Gasteiger partial charge in [0.05, 0.1) is 31.2 Å². The standard InChI is InChI=1S/C25H25FN8O2/c1-15-9-20(26)19(10-22(15)27-2)23-12-32-7-8-33(11-16(32)13-36-23)25(35)18-3-5-21-17(18)4-6-24(29-21)34-14-28-30-31-34/h4,6,9-10,14,16,18,23H,3,5,7-8,11-13H2,1H3/t16-,18?,23-/m1/s1. The van der Waals surface area contributed by atoms with Gasteiger partial charge in [-0.25, -0.2) is 14.2 Å². The van der Waals surface area contributed by atoms with Crippen LogP contribution in [0, 0.1) is 19.3 Å². The van der Waals surface area contributed by atoms with Crippen molar-refractivity contribution >= 4 is 11.6 Å². The van der Waals surface area contributed by atoms with Gasteiger partial charge in [-0.1, -0.05) is 6.07 Å². The molecule has 3 atom stereocenters. The highest BCUT2D eigenvalue weighted by Crippen LogP contribution is 2.36. The molecule has 1 aromatic carbocycles.